The summed E-state index contributed by atoms with van der Waals surface area (Å²) in [5.74, 6) is 0. The molecule has 0 aliphatic rings. The molecule has 0 saturated carbocycles. The van der Waals surface area contributed by atoms with Crippen LogP contribution in [0.5, 0.6) is 0 Å². The Balaban J connectivity index is 1.80. The molecule has 0 bridgehead atoms. The van der Waals surface area contributed by atoms with Crippen molar-refractivity contribution < 1.29 is 5.11 Å². The van der Waals surface area contributed by atoms with Gasteiger partial charge in [-0.15, -0.1) is 0 Å². The molecule has 1 unspecified atom stereocenters. The van der Waals surface area contributed by atoms with E-state index in [4.69, 9.17) is 0 Å². The van der Waals surface area contributed by atoms with Crippen molar-refractivity contribution >= 4 is 26.8 Å². The molecule has 0 aliphatic heterocycles. The summed E-state index contributed by atoms with van der Waals surface area (Å²) in [6.07, 6.45) is 4.60. The summed E-state index contributed by atoms with van der Waals surface area (Å²) in [7, 11) is 1.89. The molecular weight excluding hydrogens is 330 g/mol. The van der Waals surface area contributed by atoms with Gasteiger partial charge in [0.25, 0.3) is 0 Å². The van der Waals surface area contributed by atoms with E-state index in [9.17, 15) is 5.11 Å². The number of aliphatic hydroxyl groups excluding tert-OH is 1. The van der Waals surface area contributed by atoms with Crippen LogP contribution in [0.3, 0.4) is 0 Å². The van der Waals surface area contributed by atoms with Crippen LogP contribution in [0.15, 0.2) is 47.2 Å². The zero-order valence-electron chi connectivity index (χ0n) is 11.7. The van der Waals surface area contributed by atoms with Crippen LogP contribution in [0.1, 0.15) is 23.8 Å². The van der Waals surface area contributed by atoms with Gasteiger partial charge in [-0.1, -0.05) is 18.2 Å². The minimum Gasteiger partial charge on any atom is -0.387 e. The Hall–Kier alpha value is -1.72. The van der Waals surface area contributed by atoms with Gasteiger partial charge in [-0.25, -0.2) is 4.98 Å². The van der Waals surface area contributed by atoms with E-state index in [1.165, 1.54) is 0 Å². The third-order valence-corrected chi connectivity index (χ3v) is 4.12. The maximum Gasteiger partial charge on any atom is 0.0974 e. The van der Waals surface area contributed by atoms with Crippen molar-refractivity contribution in [2.75, 3.05) is 0 Å². The highest BCUT2D eigenvalue weighted by molar-refractivity contribution is 9.10. The molecule has 3 rings (SSSR count). The van der Waals surface area contributed by atoms with Crippen LogP contribution >= 0.6 is 15.9 Å². The van der Waals surface area contributed by atoms with Gasteiger partial charge in [0.1, 0.15) is 0 Å². The molecule has 21 heavy (non-hydrogen) atoms. The van der Waals surface area contributed by atoms with Crippen molar-refractivity contribution in [1.82, 2.24) is 14.8 Å². The lowest BCUT2D eigenvalue weighted by Gasteiger charge is -2.12. The summed E-state index contributed by atoms with van der Waals surface area (Å²) in [4.78, 5) is 4.57. The van der Waals surface area contributed by atoms with E-state index in [0.29, 0.717) is 12.1 Å². The normalized spacial score (nSPS) is 12.7. The van der Waals surface area contributed by atoms with Crippen LogP contribution in [-0.4, -0.2) is 19.9 Å². The molecule has 5 heteroatoms. The van der Waals surface area contributed by atoms with Gasteiger partial charge in [0.15, 0.2) is 0 Å². The van der Waals surface area contributed by atoms with Gasteiger partial charge in [-0.05, 0) is 46.5 Å². The van der Waals surface area contributed by atoms with Gasteiger partial charge < -0.3 is 5.11 Å². The van der Waals surface area contributed by atoms with E-state index in [1.807, 2.05) is 49.8 Å². The maximum atomic E-state index is 10.4. The first-order valence-electron chi connectivity index (χ1n) is 6.84. The molecule has 0 fully saturated rings. The molecule has 2 aromatic heterocycles. The number of hydrogen-bond donors (Lipinski definition) is 1. The number of para-hydroxylation sites is 1. The van der Waals surface area contributed by atoms with Crippen molar-refractivity contribution in [2.45, 2.75) is 18.9 Å². The van der Waals surface area contributed by atoms with Crippen LogP contribution in [-0.2, 0) is 13.5 Å². The molecule has 0 saturated heterocycles. The minimum atomic E-state index is -0.593. The molecule has 4 nitrogen and oxygen atoms in total. The number of aliphatic hydroxyl groups is 1. The second-order valence-corrected chi connectivity index (χ2v) is 5.98. The first-order chi connectivity index (χ1) is 10.1. The maximum absolute atomic E-state index is 10.4. The zero-order chi connectivity index (χ0) is 14.8. The molecule has 2 heterocycles. The van der Waals surface area contributed by atoms with Crippen LogP contribution in [0.2, 0.25) is 0 Å². The Morgan fingerprint density at radius 1 is 1.33 bits per heavy atom. The average molecular weight is 346 g/mol. The van der Waals surface area contributed by atoms with Crippen molar-refractivity contribution in [1.29, 1.82) is 0 Å². The zero-order valence-corrected chi connectivity index (χ0v) is 13.3. The Labute approximate surface area is 131 Å². The van der Waals surface area contributed by atoms with E-state index in [1.54, 1.807) is 4.68 Å². The number of rotatable bonds is 4. The Morgan fingerprint density at radius 2 is 2.14 bits per heavy atom. The standard InChI is InChI=1S/C16H16BrN3O/c1-20-10-11(9-18-20)6-7-15(21)16-13(17)8-12-4-2-3-5-14(12)19-16/h2-5,8-10,15,21H,6-7H2,1H3. The fraction of sp³-hybridized carbons (Fsp3) is 0.250. The highest BCUT2D eigenvalue weighted by atomic mass is 79.9. The summed E-state index contributed by atoms with van der Waals surface area (Å²) < 4.78 is 2.62. The number of halogens is 1. The number of nitrogens with zero attached hydrogens (tertiary/aromatic N) is 3. The monoisotopic (exact) mass is 345 g/mol. The lowest BCUT2D eigenvalue weighted by Crippen LogP contribution is -2.03. The number of hydrogen-bond acceptors (Lipinski definition) is 3. The molecule has 1 N–H and O–H groups in total. The molecule has 1 aromatic carbocycles. The molecule has 3 aromatic rings. The van der Waals surface area contributed by atoms with Crippen molar-refractivity contribution in [2.24, 2.45) is 7.05 Å². The van der Waals surface area contributed by atoms with Gasteiger partial charge >= 0.3 is 0 Å². The second kappa shape index (κ2) is 5.95. The number of aryl methyl sites for hydroxylation is 2. The van der Waals surface area contributed by atoms with Gasteiger partial charge in [0, 0.05) is 23.1 Å². The van der Waals surface area contributed by atoms with Crippen LogP contribution in [0.25, 0.3) is 10.9 Å². The third-order valence-electron chi connectivity index (χ3n) is 3.49. The Morgan fingerprint density at radius 3 is 2.90 bits per heavy atom. The fourth-order valence-electron chi connectivity index (χ4n) is 2.38. The molecule has 0 radical (unpaired) electrons. The molecule has 0 aliphatic carbocycles. The van der Waals surface area contributed by atoms with Crippen LogP contribution in [0.4, 0.5) is 0 Å². The first kappa shape index (κ1) is 14.2. The van der Waals surface area contributed by atoms with E-state index in [0.717, 1.165) is 27.4 Å². The molecule has 0 spiro atoms. The van der Waals surface area contributed by atoms with Gasteiger partial charge in [0.2, 0.25) is 0 Å². The lowest BCUT2D eigenvalue weighted by molar-refractivity contribution is 0.162. The summed E-state index contributed by atoms with van der Waals surface area (Å²) in [5, 5.41) is 15.6. The van der Waals surface area contributed by atoms with Crippen molar-refractivity contribution in [3.05, 3.63) is 58.5 Å². The van der Waals surface area contributed by atoms with E-state index in [2.05, 4.69) is 26.0 Å². The van der Waals surface area contributed by atoms with Crippen LogP contribution < -0.4 is 0 Å². The van der Waals surface area contributed by atoms with Crippen LogP contribution in [0, 0.1) is 0 Å². The molecule has 0 amide bonds. The Kier molecular flexibility index (Phi) is 4.03. The quantitative estimate of drug-likeness (QED) is 0.788. The third kappa shape index (κ3) is 3.14. The topological polar surface area (TPSA) is 50.9 Å². The number of pyridine rings is 1. The predicted molar refractivity (Wildman–Crippen MR) is 85.9 cm³/mol. The summed E-state index contributed by atoms with van der Waals surface area (Å²) in [5.41, 5.74) is 2.71. The summed E-state index contributed by atoms with van der Waals surface area (Å²) in [6, 6.07) is 9.91. The summed E-state index contributed by atoms with van der Waals surface area (Å²) in [6.45, 7) is 0. The fourth-order valence-corrected chi connectivity index (χ4v) is 2.98. The largest absolute Gasteiger partial charge is 0.387 e. The van der Waals surface area contributed by atoms with Crippen molar-refractivity contribution in [3.8, 4) is 0 Å². The predicted octanol–water partition coefficient (Wildman–Crippen LogP) is 3.40. The lowest BCUT2D eigenvalue weighted by atomic mass is 10.1. The highest BCUT2D eigenvalue weighted by Crippen LogP contribution is 2.28. The highest BCUT2D eigenvalue weighted by Gasteiger charge is 2.14. The average Bonchev–Trinajstić information content (AvgIpc) is 2.89. The van der Waals surface area contributed by atoms with Gasteiger partial charge in [-0.3, -0.25) is 4.68 Å². The SMILES string of the molecule is Cn1cc(CCC(O)c2nc3ccccc3cc2Br)cn1. The van der Waals surface area contributed by atoms with Gasteiger partial charge in [0.05, 0.1) is 23.5 Å². The minimum absolute atomic E-state index is 0.593. The number of benzene rings is 1. The van der Waals surface area contributed by atoms with Crippen molar-refractivity contribution in [3.63, 3.8) is 0 Å². The molecule has 108 valence electrons. The molecule has 1 atom stereocenters. The molecular formula is C16H16BrN3O. The number of fused-ring (bicyclic) bond motifs is 1. The smallest absolute Gasteiger partial charge is 0.0974 e. The van der Waals surface area contributed by atoms with E-state index in [-0.39, 0.29) is 0 Å². The second-order valence-electron chi connectivity index (χ2n) is 5.12. The Bertz CT molecular complexity index is 769. The van der Waals surface area contributed by atoms with Gasteiger partial charge in [-0.2, -0.15) is 5.10 Å². The first-order valence-corrected chi connectivity index (χ1v) is 7.63. The van der Waals surface area contributed by atoms with E-state index < -0.39 is 6.10 Å². The summed E-state index contributed by atoms with van der Waals surface area (Å²) >= 11 is 3.51. The van der Waals surface area contributed by atoms with E-state index >= 15 is 0 Å². The number of aromatic nitrogens is 3.